The number of urea groups is 1. The van der Waals surface area contributed by atoms with Crippen LogP contribution in [0.1, 0.15) is 13.3 Å². The second kappa shape index (κ2) is 3.47. The Bertz CT molecular complexity index is 264. The van der Waals surface area contributed by atoms with Crippen LogP contribution in [0.3, 0.4) is 0 Å². The minimum atomic E-state index is -4.34. The highest BCUT2D eigenvalue weighted by atomic mass is 19.4. The summed E-state index contributed by atoms with van der Waals surface area (Å²) in [5.41, 5.74) is 0. The van der Waals surface area contributed by atoms with Crippen LogP contribution in [-0.2, 0) is 4.79 Å². The highest BCUT2D eigenvalue weighted by molar-refractivity contribution is 6.04. The molecule has 0 aromatic carbocycles. The summed E-state index contributed by atoms with van der Waals surface area (Å²) in [6.07, 6.45) is -4.77. The quantitative estimate of drug-likeness (QED) is 0.662. The number of nitrogens with one attached hydrogen (secondary N) is 2. The van der Waals surface area contributed by atoms with Crippen molar-refractivity contribution in [3.05, 3.63) is 0 Å². The highest BCUT2D eigenvalue weighted by Gasteiger charge is 2.40. The maximum Gasteiger partial charge on any atom is 0.391 e. The van der Waals surface area contributed by atoms with E-state index >= 15 is 0 Å². The predicted octanol–water partition coefficient (Wildman–Crippen LogP) is 0.783. The molecular weight excluding hydrogens is 201 g/mol. The standard InChI is InChI=1S/C7H9F3N2O2/c1-3(7(8,9)10)2-4-5(13)12-6(14)11-4/h3-4H,2H2,1H3,(H2,11,12,13,14)/t3-,4?/m0/s1. The number of rotatable bonds is 2. The molecule has 80 valence electrons. The van der Waals surface area contributed by atoms with Gasteiger partial charge in [-0.1, -0.05) is 6.92 Å². The fraction of sp³-hybridized carbons (Fsp3) is 0.714. The molecule has 1 aliphatic heterocycles. The lowest BCUT2D eigenvalue weighted by atomic mass is 10.0. The molecule has 0 spiro atoms. The summed E-state index contributed by atoms with van der Waals surface area (Å²) in [5, 5.41) is 3.97. The third kappa shape index (κ3) is 2.36. The van der Waals surface area contributed by atoms with E-state index in [-0.39, 0.29) is 0 Å². The van der Waals surface area contributed by atoms with E-state index in [1.807, 2.05) is 5.32 Å². The first-order valence-corrected chi connectivity index (χ1v) is 3.99. The Balaban J connectivity index is 2.53. The Hall–Kier alpha value is -1.27. The SMILES string of the molecule is C[C@@H](CC1NC(=O)NC1=O)C(F)(F)F. The molecule has 7 heteroatoms. The van der Waals surface area contributed by atoms with E-state index in [4.69, 9.17) is 0 Å². The third-order valence-corrected chi connectivity index (χ3v) is 2.01. The van der Waals surface area contributed by atoms with Gasteiger partial charge in [0.05, 0.1) is 5.92 Å². The molecule has 1 aliphatic rings. The van der Waals surface area contributed by atoms with E-state index < -0.39 is 36.5 Å². The molecule has 0 radical (unpaired) electrons. The van der Waals surface area contributed by atoms with Gasteiger partial charge in [-0.15, -0.1) is 0 Å². The Morgan fingerprint density at radius 1 is 1.43 bits per heavy atom. The largest absolute Gasteiger partial charge is 0.391 e. The van der Waals surface area contributed by atoms with Gasteiger partial charge in [0.25, 0.3) is 5.91 Å². The average Bonchev–Trinajstić information content (AvgIpc) is 2.28. The maximum absolute atomic E-state index is 12.1. The van der Waals surface area contributed by atoms with Crippen LogP contribution < -0.4 is 10.6 Å². The van der Waals surface area contributed by atoms with Gasteiger partial charge in [-0.3, -0.25) is 10.1 Å². The molecule has 0 saturated carbocycles. The molecule has 1 saturated heterocycles. The highest BCUT2D eigenvalue weighted by Crippen LogP contribution is 2.29. The van der Waals surface area contributed by atoms with Crippen molar-refractivity contribution in [2.45, 2.75) is 25.6 Å². The lowest BCUT2D eigenvalue weighted by molar-refractivity contribution is -0.172. The van der Waals surface area contributed by atoms with Crippen LogP contribution >= 0.6 is 0 Å². The van der Waals surface area contributed by atoms with Gasteiger partial charge >= 0.3 is 12.2 Å². The Kier molecular flexibility index (Phi) is 2.68. The van der Waals surface area contributed by atoms with E-state index in [1.54, 1.807) is 0 Å². The Labute approximate surface area is 77.8 Å². The van der Waals surface area contributed by atoms with Gasteiger partial charge in [0.15, 0.2) is 0 Å². The predicted molar refractivity (Wildman–Crippen MR) is 40.3 cm³/mol. The van der Waals surface area contributed by atoms with Crippen molar-refractivity contribution in [1.82, 2.24) is 10.6 Å². The molecule has 1 unspecified atom stereocenters. The van der Waals surface area contributed by atoms with Gasteiger partial charge in [0.2, 0.25) is 0 Å². The fourth-order valence-corrected chi connectivity index (χ4v) is 1.11. The van der Waals surface area contributed by atoms with Gasteiger partial charge in [-0.2, -0.15) is 13.2 Å². The molecule has 4 nitrogen and oxygen atoms in total. The number of carbonyl (C=O) groups is 2. The van der Waals surface area contributed by atoms with Crippen molar-refractivity contribution in [2.75, 3.05) is 0 Å². The smallest absolute Gasteiger partial charge is 0.326 e. The first kappa shape index (κ1) is 10.8. The summed E-state index contributed by atoms with van der Waals surface area (Å²) < 4.78 is 36.2. The number of halogens is 3. The second-order valence-corrected chi connectivity index (χ2v) is 3.19. The fourth-order valence-electron chi connectivity index (χ4n) is 1.11. The first-order chi connectivity index (χ1) is 6.30. The third-order valence-electron chi connectivity index (χ3n) is 2.01. The number of alkyl halides is 3. The van der Waals surface area contributed by atoms with Gasteiger partial charge in [0, 0.05) is 0 Å². The van der Waals surface area contributed by atoms with Crippen LogP contribution in [0.15, 0.2) is 0 Å². The molecule has 3 amide bonds. The van der Waals surface area contributed by atoms with Crippen molar-refractivity contribution >= 4 is 11.9 Å². The zero-order chi connectivity index (χ0) is 10.9. The number of carbonyl (C=O) groups excluding carboxylic acids is 2. The summed E-state index contributed by atoms with van der Waals surface area (Å²) in [6.45, 7) is 0.970. The molecule has 1 fully saturated rings. The van der Waals surface area contributed by atoms with Crippen molar-refractivity contribution in [3.8, 4) is 0 Å². The number of hydrogen-bond acceptors (Lipinski definition) is 2. The molecule has 2 N–H and O–H groups in total. The van der Waals surface area contributed by atoms with Gasteiger partial charge < -0.3 is 5.32 Å². The van der Waals surface area contributed by atoms with Crippen LogP contribution in [0.4, 0.5) is 18.0 Å². The van der Waals surface area contributed by atoms with E-state index in [0.29, 0.717) is 0 Å². The topological polar surface area (TPSA) is 58.2 Å². The van der Waals surface area contributed by atoms with Crippen LogP contribution in [0.2, 0.25) is 0 Å². The molecular formula is C7H9F3N2O2. The molecule has 0 bridgehead atoms. The van der Waals surface area contributed by atoms with Crippen molar-refractivity contribution in [1.29, 1.82) is 0 Å². The lowest BCUT2D eigenvalue weighted by Gasteiger charge is -2.17. The summed E-state index contributed by atoms with van der Waals surface area (Å²) >= 11 is 0. The van der Waals surface area contributed by atoms with Gasteiger partial charge in [-0.05, 0) is 6.42 Å². The summed E-state index contributed by atoms with van der Waals surface area (Å²) in [5.74, 6) is -2.32. The van der Waals surface area contributed by atoms with E-state index in [9.17, 15) is 22.8 Å². The lowest BCUT2D eigenvalue weighted by Crippen LogP contribution is -2.34. The van der Waals surface area contributed by atoms with E-state index in [1.165, 1.54) is 0 Å². The monoisotopic (exact) mass is 210 g/mol. The molecule has 2 atom stereocenters. The molecule has 14 heavy (non-hydrogen) atoms. The maximum atomic E-state index is 12.1. The van der Waals surface area contributed by atoms with Gasteiger partial charge in [-0.25, -0.2) is 4.79 Å². The Morgan fingerprint density at radius 3 is 2.36 bits per heavy atom. The average molecular weight is 210 g/mol. The molecule has 0 aliphatic carbocycles. The van der Waals surface area contributed by atoms with Crippen molar-refractivity contribution < 1.29 is 22.8 Å². The summed E-state index contributed by atoms with van der Waals surface area (Å²) in [4.78, 5) is 21.5. The van der Waals surface area contributed by atoms with Crippen LogP contribution in [0.25, 0.3) is 0 Å². The minimum absolute atomic E-state index is 0.429. The Morgan fingerprint density at radius 2 is 2.00 bits per heavy atom. The molecule has 1 heterocycles. The number of hydrogen-bond donors (Lipinski definition) is 2. The summed E-state index contributed by atoms with van der Waals surface area (Å²) in [7, 11) is 0. The molecule has 0 aromatic heterocycles. The van der Waals surface area contributed by atoms with Crippen molar-refractivity contribution in [2.24, 2.45) is 5.92 Å². The first-order valence-electron chi connectivity index (χ1n) is 3.99. The summed E-state index contributed by atoms with van der Waals surface area (Å²) in [6, 6.07) is -1.81. The van der Waals surface area contributed by atoms with Crippen LogP contribution in [-0.4, -0.2) is 24.2 Å². The van der Waals surface area contributed by atoms with Crippen molar-refractivity contribution in [3.63, 3.8) is 0 Å². The second-order valence-electron chi connectivity index (χ2n) is 3.19. The van der Waals surface area contributed by atoms with E-state index in [2.05, 4.69) is 5.32 Å². The van der Waals surface area contributed by atoms with Gasteiger partial charge in [0.1, 0.15) is 6.04 Å². The zero-order valence-corrected chi connectivity index (χ0v) is 7.31. The molecule has 0 aromatic rings. The normalized spacial score (nSPS) is 24.4. The van der Waals surface area contributed by atoms with Crippen LogP contribution in [0.5, 0.6) is 0 Å². The minimum Gasteiger partial charge on any atom is -0.326 e. The zero-order valence-electron chi connectivity index (χ0n) is 7.31. The van der Waals surface area contributed by atoms with Crippen LogP contribution in [0, 0.1) is 5.92 Å². The molecule has 1 rings (SSSR count). The van der Waals surface area contributed by atoms with E-state index in [0.717, 1.165) is 6.92 Å². The number of imide groups is 1. The number of amides is 3.